The van der Waals surface area contributed by atoms with Gasteiger partial charge in [-0.3, -0.25) is 0 Å². The smallest absolute Gasteiger partial charge is 0.0408 e. The molecular weight excluding hydrogens is 208 g/mol. The lowest BCUT2D eigenvalue weighted by molar-refractivity contribution is 0.710. The second-order valence-electron chi connectivity index (χ2n) is 5.16. The first-order chi connectivity index (χ1) is 8.40. The van der Waals surface area contributed by atoms with Crippen LogP contribution in [0.15, 0.2) is 6.07 Å². The van der Waals surface area contributed by atoms with Crippen LogP contribution < -0.4 is 10.6 Å². The average Bonchev–Trinajstić information content (AvgIpc) is 2.60. The summed E-state index contributed by atoms with van der Waals surface area (Å²) in [5, 5.41) is 7.15. The molecule has 2 aliphatic heterocycles. The van der Waals surface area contributed by atoms with Gasteiger partial charge >= 0.3 is 0 Å². The lowest BCUT2D eigenvalue weighted by Crippen LogP contribution is -2.17. The Labute approximate surface area is 104 Å². The lowest BCUT2D eigenvalue weighted by atomic mass is 9.88. The third-order valence-corrected chi connectivity index (χ3v) is 4.12. The van der Waals surface area contributed by atoms with E-state index in [0.717, 1.165) is 19.6 Å². The van der Waals surface area contributed by atoms with Gasteiger partial charge in [0.2, 0.25) is 0 Å². The zero-order valence-electron chi connectivity index (χ0n) is 10.7. The van der Waals surface area contributed by atoms with Crippen molar-refractivity contribution in [2.75, 3.05) is 25.0 Å². The third kappa shape index (κ3) is 1.95. The van der Waals surface area contributed by atoms with Crippen LogP contribution in [0.3, 0.4) is 0 Å². The summed E-state index contributed by atoms with van der Waals surface area (Å²) in [7, 11) is 0. The van der Waals surface area contributed by atoms with Crippen molar-refractivity contribution in [1.82, 2.24) is 5.32 Å². The molecule has 2 heteroatoms. The second kappa shape index (κ2) is 4.69. The van der Waals surface area contributed by atoms with Gasteiger partial charge in [-0.25, -0.2) is 0 Å². The molecule has 0 unspecified atom stereocenters. The van der Waals surface area contributed by atoms with Crippen LogP contribution in [-0.2, 0) is 25.7 Å². The number of fused-ring (bicyclic) bond motifs is 2. The Kier molecular flexibility index (Phi) is 3.06. The number of rotatable bonds is 1. The Balaban J connectivity index is 2.14. The van der Waals surface area contributed by atoms with Gasteiger partial charge in [-0.05, 0) is 67.4 Å². The zero-order valence-corrected chi connectivity index (χ0v) is 10.7. The number of nitrogens with one attached hydrogen (secondary N) is 2. The van der Waals surface area contributed by atoms with Crippen molar-refractivity contribution in [2.24, 2.45) is 0 Å². The summed E-state index contributed by atoms with van der Waals surface area (Å²) in [4.78, 5) is 0. The zero-order chi connectivity index (χ0) is 11.7. The fourth-order valence-corrected chi connectivity index (χ4v) is 3.30. The van der Waals surface area contributed by atoms with Gasteiger partial charge in [-0.2, -0.15) is 0 Å². The van der Waals surface area contributed by atoms with Gasteiger partial charge in [0.15, 0.2) is 0 Å². The normalized spacial score (nSPS) is 18.9. The van der Waals surface area contributed by atoms with Crippen LogP contribution in [0.1, 0.15) is 35.6 Å². The monoisotopic (exact) mass is 230 g/mol. The van der Waals surface area contributed by atoms with Gasteiger partial charge in [0.1, 0.15) is 0 Å². The summed E-state index contributed by atoms with van der Waals surface area (Å²) in [5.74, 6) is 0. The van der Waals surface area contributed by atoms with Crippen molar-refractivity contribution in [1.29, 1.82) is 0 Å². The molecule has 2 heterocycles. The number of hydrogen-bond donors (Lipinski definition) is 2. The summed E-state index contributed by atoms with van der Waals surface area (Å²) in [5.41, 5.74) is 7.87. The summed E-state index contributed by atoms with van der Waals surface area (Å²) >= 11 is 0. The first-order valence-corrected chi connectivity index (χ1v) is 7.01. The summed E-state index contributed by atoms with van der Waals surface area (Å²) in [6.07, 6.45) is 6.12. The highest BCUT2D eigenvalue weighted by Crippen LogP contribution is 2.33. The topological polar surface area (TPSA) is 24.1 Å². The molecule has 0 aliphatic carbocycles. The van der Waals surface area contributed by atoms with Crippen LogP contribution in [0.5, 0.6) is 0 Å². The molecule has 1 aromatic rings. The molecule has 0 fully saturated rings. The predicted octanol–water partition coefficient (Wildman–Crippen LogP) is 2.30. The number of hydrogen-bond acceptors (Lipinski definition) is 2. The summed E-state index contributed by atoms with van der Waals surface area (Å²) in [6, 6.07) is 2.48. The molecule has 0 radical (unpaired) electrons. The highest BCUT2D eigenvalue weighted by molar-refractivity contribution is 5.64. The molecule has 17 heavy (non-hydrogen) atoms. The van der Waals surface area contributed by atoms with Crippen LogP contribution in [0, 0.1) is 0 Å². The maximum atomic E-state index is 3.63. The van der Waals surface area contributed by atoms with E-state index in [-0.39, 0.29) is 0 Å². The minimum Gasteiger partial charge on any atom is -0.385 e. The molecule has 92 valence electrons. The Morgan fingerprint density at radius 3 is 2.82 bits per heavy atom. The molecule has 2 N–H and O–H groups in total. The van der Waals surface area contributed by atoms with E-state index >= 15 is 0 Å². The highest BCUT2D eigenvalue weighted by Gasteiger charge is 2.19. The summed E-state index contributed by atoms with van der Waals surface area (Å²) in [6.45, 7) is 5.72. The lowest BCUT2D eigenvalue weighted by Gasteiger charge is -2.25. The van der Waals surface area contributed by atoms with Crippen molar-refractivity contribution in [3.8, 4) is 0 Å². The van der Waals surface area contributed by atoms with E-state index in [0.29, 0.717) is 0 Å². The molecule has 0 saturated carbocycles. The molecular formula is C15H22N2. The molecule has 3 rings (SSSR count). The fourth-order valence-electron chi connectivity index (χ4n) is 3.30. The standard InChI is InChI=1S/C15H22N2/c1-2-13-14-6-9-16-8-5-11(14)10-12-4-3-7-17-15(12)13/h10,16-17H,2-9H2,1H3. The third-order valence-electron chi connectivity index (χ3n) is 4.12. The Bertz CT molecular complexity index is 423. The highest BCUT2D eigenvalue weighted by atomic mass is 14.9. The van der Waals surface area contributed by atoms with E-state index in [1.54, 1.807) is 22.3 Å². The van der Waals surface area contributed by atoms with Crippen LogP contribution in [0.4, 0.5) is 5.69 Å². The molecule has 0 spiro atoms. The largest absolute Gasteiger partial charge is 0.385 e. The summed E-state index contributed by atoms with van der Waals surface area (Å²) < 4.78 is 0. The second-order valence-corrected chi connectivity index (χ2v) is 5.16. The maximum Gasteiger partial charge on any atom is 0.0408 e. The van der Waals surface area contributed by atoms with Crippen molar-refractivity contribution < 1.29 is 0 Å². The van der Waals surface area contributed by atoms with Gasteiger partial charge in [0.25, 0.3) is 0 Å². The molecule has 1 aromatic carbocycles. The van der Waals surface area contributed by atoms with Gasteiger partial charge < -0.3 is 10.6 Å². The van der Waals surface area contributed by atoms with Gasteiger partial charge in [0.05, 0.1) is 0 Å². The van der Waals surface area contributed by atoms with Gasteiger partial charge in [0, 0.05) is 12.2 Å². The van der Waals surface area contributed by atoms with Crippen LogP contribution >= 0.6 is 0 Å². The van der Waals surface area contributed by atoms with E-state index in [2.05, 4.69) is 23.6 Å². The maximum absolute atomic E-state index is 3.63. The minimum absolute atomic E-state index is 1.14. The average molecular weight is 230 g/mol. The van der Waals surface area contributed by atoms with Crippen molar-refractivity contribution in [2.45, 2.75) is 39.0 Å². The van der Waals surface area contributed by atoms with E-state index in [4.69, 9.17) is 0 Å². The molecule has 0 atom stereocenters. The fraction of sp³-hybridized carbons (Fsp3) is 0.600. The van der Waals surface area contributed by atoms with Gasteiger partial charge in [-0.15, -0.1) is 0 Å². The number of benzene rings is 1. The van der Waals surface area contributed by atoms with Crippen molar-refractivity contribution in [3.63, 3.8) is 0 Å². The Morgan fingerprint density at radius 1 is 1.06 bits per heavy atom. The molecule has 0 amide bonds. The minimum atomic E-state index is 1.14. The number of aryl methyl sites for hydroxylation is 1. The van der Waals surface area contributed by atoms with Crippen molar-refractivity contribution >= 4 is 5.69 Å². The SMILES string of the molecule is CCc1c2c(cc3c1NCCC3)CCNCC2. The Hall–Kier alpha value is -1.02. The number of anilines is 1. The van der Waals surface area contributed by atoms with Gasteiger partial charge in [-0.1, -0.05) is 13.0 Å². The predicted molar refractivity (Wildman–Crippen MR) is 72.9 cm³/mol. The Morgan fingerprint density at radius 2 is 1.94 bits per heavy atom. The molecule has 2 aliphatic rings. The van der Waals surface area contributed by atoms with E-state index in [1.165, 1.54) is 37.8 Å². The quantitative estimate of drug-likeness (QED) is 0.773. The van der Waals surface area contributed by atoms with E-state index < -0.39 is 0 Å². The first kappa shape index (κ1) is 11.1. The molecule has 0 bridgehead atoms. The first-order valence-electron chi connectivity index (χ1n) is 7.01. The van der Waals surface area contributed by atoms with Crippen LogP contribution in [-0.4, -0.2) is 19.6 Å². The van der Waals surface area contributed by atoms with Crippen LogP contribution in [0.2, 0.25) is 0 Å². The molecule has 2 nitrogen and oxygen atoms in total. The van der Waals surface area contributed by atoms with Crippen LogP contribution in [0.25, 0.3) is 0 Å². The molecule has 0 aromatic heterocycles. The van der Waals surface area contributed by atoms with E-state index in [9.17, 15) is 0 Å². The van der Waals surface area contributed by atoms with E-state index in [1.807, 2.05) is 0 Å². The van der Waals surface area contributed by atoms with Crippen molar-refractivity contribution in [3.05, 3.63) is 28.3 Å². The molecule has 0 saturated heterocycles.